The lowest BCUT2D eigenvalue weighted by molar-refractivity contribution is 0.0673. The summed E-state index contributed by atoms with van der Waals surface area (Å²) in [6.45, 7) is 8.37. The third kappa shape index (κ3) is 5.17. The molecule has 25 heavy (non-hydrogen) atoms. The van der Waals surface area contributed by atoms with E-state index >= 15 is 0 Å². The zero-order valence-electron chi connectivity index (χ0n) is 15.3. The van der Waals surface area contributed by atoms with Crippen molar-refractivity contribution in [1.82, 2.24) is 14.7 Å². The molecule has 6 nitrogen and oxygen atoms in total. The Hall–Kier alpha value is -1.63. The summed E-state index contributed by atoms with van der Waals surface area (Å²) in [5, 5.41) is 0. The smallest absolute Gasteiger partial charge is 0.191 e. The summed E-state index contributed by atoms with van der Waals surface area (Å²) >= 11 is 0. The third-order valence-corrected chi connectivity index (χ3v) is 5.09. The molecule has 2 fully saturated rings. The topological polar surface area (TPSA) is 57.3 Å². The standard InChI is InChI=1S/C19H31N5O/c1-22-10-11-23(18(16-22)17-6-3-2-4-7-17)9-5-8-21-19(20)24-12-14-25-15-13-24/h2-4,6-7,18H,5,8-16H2,1H3,(H2,20,21). The van der Waals surface area contributed by atoms with Crippen LogP contribution in [-0.4, -0.2) is 86.7 Å². The average molecular weight is 345 g/mol. The molecule has 1 aromatic carbocycles. The number of hydrogen-bond acceptors (Lipinski definition) is 4. The van der Waals surface area contributed by atoms with Crippen LogP contribution in [0.5, 0.6) is 0 Å². The maximum absolute atomic E-state index is 6.10. The van der Waals surface area contributed by atoms with Gasteiger partial charge in [0.15, 0.2) is 5.96 Å². The molecule has 0 amide bonds. The molecule has 2 saturated heterocycles. The molecule has 2 heterocycles. The molecule has 0 bridgehead atoms. The van der Waals surface area contributed by atoms with E-state index in [2.05, 4.69) is 57.1 Å². The maximum Gasteiger partial charge on any atom is 0.191 e. The third-order valence-electron chi connectivity index (χ3n) is 5.09. The second-order valence-electron chi connectivity index (χ2n) is 6.92. The fourth-order valence-corrected chi connectivity index (χ4v) is 3.58. The molecule has 0 aromatic heterocycles. The van der Waals surface area contributed by atoms with E-state index in [1.54, 1.807) is 0 Å². The lowest BCUT2D eigenvalue weighted by Crippen LogP contribution is -2.47. The van der Waals surface area contributed by atoms with Crippen LogP contribution in [0.2, 0.25) is 0 Å². The van der Waals surface area contributed by atoms with E-state index in [-0.39, 0.29) is 0 Å². The molecule has 0 aliphatic carbocycles. The highest BCUT2D eigenvalue weighted by Crippen LogP contribution is 2.24. The molecule has 6 heteroatoms. The van der Waals surface area contributed by atoms with Crippen molar-refractivity contribution in [3.63, 3.8) is 0 Å². The van der Waals surface area contributed by atoms with Crippen molar-refractivity contribution in [2.75, 3.05) is 66.1 Å². The van der Waals surface area contributed by atoms with Gasteiger partial charge in [0.1, 0.15) is 0 Å². The van der Waals surface area contributed by atoms with Crippen LogP contribution in [0.15, 0.2) is 35.3 Å². The second kappa shape index (κ2) is 9.17. The van der Waals surface area contributed by atoms with Gasteiger partial charge in [-0.05, 0) is 19.0 Å². The Morgan fingerprint density at radius 3 is 2.68 bits per heavy atom. The fraction of sp³-hybridized carbons (Fsp3) is 0.632. The molecule has 0 radical (unpaired) electrons. The largest absolute Gasteiger partial charge is 0.378 e. The predicted molar refractivity (Wildman–Crippen MR) is 102 cm³/mol. The number of benzene rings is 1. The van der Waals surface area contributed by atoms with Gasteiger partial charge in [-0.1, -0.05) is 30.3 Å². The lowest BCUT2D eigenvalue weighted by atomic mass is 10.0. The van der Waals surface area contributed by atoms with E-state index in [9.17, 15) is 0 Å². The Bertz CT molecular complexity index is 544. The molecule has 1 atom stereocenters. The maximum atomic E-state index is 6.10. The predicted octanol–water partition coefficient (Wildman–Crippen LogP) is 1.01. The SMILES string of the molecule is CN1CCN(CCCN=C(N)N2CCOCC2)C(c2ccccc2)C1. The molecule has 1 aromatic rings. The van der Waals surface area contributed by atoms with Crippen molar-refractivity contribution < 1.29 is 4.74 Å². The normalized spacial score (nSPS) is 23.8. The number of likely N-dealkylation sites (N-methyl/N-ethyl adjacent to an activating group) is 1. The second-order valence-corrected chi connectivity index (χ2v) is 6.92. The van der Waals surface area contributed by atoms with Gasteiger partial charge in [0.25, 0.3) is 0 Å². The van der Waals surface area contributed by atoms with E-state index in [1.165, 1.54) is 5.56 Å². The van der Waals surface area contributed by atoms with Gasteiger partial charge < -0.3 is 20.3 Å². The first-order valence-electron chi connectivity index (χ1n) is 9.34. The minimum absolute atomic E-state index is 0.473. The van der Waals surface area contributed by atoms with Crippen LogP contribution < -0.4 is 5.73 Å². The van der Waals surface area contributed by atoms with E-state index < -0.39 is 0 Å². The minimum Gasteiger partial charge on any atom is -0.378 e. The molecule has 2 aliphatic heterocycles. The number of hydrogen-bond donors (Lipinski definition) is 1. The van der Waals surface area contributed by atoms with Crippen LogP contribution in [0, 0.1) is 0 Å². The zero-order valence-corrected chi connectivity index (χ0v) is 15.3. The number of rotatable bonds is 5. The molecule has 3 rings (SSSR count). The van der Waals surface area contributed by atoms with Crippen LogP contribution in [0.4, 0.5) is 0 Å². The number of piperazine rings is 1. The molecule has 2 aliphatic rings. The van der Waals surface area contributed by atoms with Crippen molar-refractivity contribution >= 4 is 5.96 Å². The highest BCUT2D eigenvalue weighted by molar-refractivity contribution is 5.78. The Morgan fingerprint density at radius 2 is 1.92 bits per heavy atom. The fourth-order valence-electron chi connectivity index (χ4n) is 3.58. The van der Waals surface area contributed by atoms with Gasteiger partial charge in [0, 0.05) is 51.9 Å². The summed E-state index contributed by atoms with van der Waals surface area (Å²) in [6, 6.07) is 11.3. The minimum atomic E-state index is 0.473. The summed E-state index contributed by atoms with van der Waals surface area (Å²) < 4.78 is 5.35. The number of nitrogens with two attached hydrogens (primary N) is 1. The van der Waals surface area contributed by atoms with Crippen LogP contribution in [0.25, 0.3) is 0 Å². The Kier molecular flexibility index (Phi) is 6.67. The van der Waals surface area contributed by atoms with Crippen molar-refractivity contribution in [3.05, 3.63) is 35.9 Å². The summed E-state index contributed by atoms with van der Waals surface area (Å²) in [5.41, 5.74) is 7.51. The van der Waals surface area contributed by atoms with Gasteiger partial charge in [-0.3, -0.25) is 9.89 Å². The lowest BCUT2D eigenvalue weighted by Gasteiger charge is -2.40. The first kappa shape index (κ1) is 18.2. The van der Waals surface area contributed by atoms with Gasteiger partial charge in [-0.15, -0.1) is 0 Å². The number of guanidine groups is 1. The van der Waals surface area contributed by atoms with Crippen molar-refractivity contribution in [2.24, 2.45) is 10.7 Å². The zero-order chi connectivity index (χ0) is 17.5. The summed E-state index contributed by atoms with van der Waals surface area (Å²) in [6.07, 6.45) is 1.04. The molecule has 2 N–H and O–H groups in total. The Labute approximate surface area is 151 Å². The number of aliphatic imine (C=N–C) groups is 1. The summed E-state index contributed by atoms with van der Waals surface area (Å²) in [5.74, 6) is 0.668. The molecule has 1 unspecified atom stereocenters. The average Bonchev–Trinajstić information content (AvgIpc) is 2.67. The molecular formula is C19H31N5O. The van der Waals surface area contributed by atoms with Crippen LogP contribution in [0.1, 0.15) is 18.0 Å². The van der Waals surface area contributed by atoms with Crippen molar-refractivity contribution in [2.45, 2.75) is 12.5 Å². The number of morpholine rings is 1. The van der Waals surface area contributed by atoms with Crippen molar-refractivity contribution in [3.8, 4) is 0 Å². The van der Waals surface area contributed by atoms with Crippen LogP contribution >= 0.6 is 0 Å². The highest BCUT2D eigenvalue weighted by atomic mass is 16.5. The van der Waals surface area contributed by atoms with Gasteiger partial charge in [0.2, 0.25) is 0 Å². The van der Waals surface area contributed by atoms with Crippen LogP contribution in [0.3, 0.4) is 0 Å². The van der Waals surface area contributed by atoms with E-state index in [0.717, 1.165) is 65.4 Å². The Morgan fingerprint density at radius 1 is 1.16 bits per heavy atom. The molecular weight excluding hydrogens is 314 g/mol. The molecule has 0 saturated carbocycles. The van der Waals surface area contributed by atoms with Gasteiger partial charge in [-0.2, -0.15) is 0 Å². The van der Waals surface area contributed by atoms with Gasteiger partial charge in [-0.25, -0.2) is 0 Å². The number of nitrogens with zero attached hydrogens (tertiary/aromatic N) is 4. The van der Waals surface area contributed by atoms with Gasteiger partial charge in [0.05, 0.1) is 13.2 Å². The monoisotopic (exact) mass is 345 g/mol. The van der Waals surface area contributed by atoms with Crippen molar-refractivity contribution in [1.29, 1.82) is 0 Å². The summed E-state index contributed by atoms with van der Waals surface area (Å²) in [7, 11) is 2.21. The summed E-state index contributed by atoms with van der Waals surface area (Å²) in [4.78, 5) is 11.7. The molecule has 0 spiro atoms. The Balaban J connectivity index is 1.50. The quantitative estimate of drug-likeness (QED) is 0.490. The van der Waals surface area contributed by atoms with E-state index in [1.807, 2.05) is 0 Å². The number of ether oxygens (including phenoxy) is 1. The first-order valence-corrected chi connectivity index (χ1v) is 9.34. The molecule has 138 valence electrons. The van der Waals surface area contributed by atoms with Gasteiger partial charge >= 0.3 is 0 Å². The van der Waals surface area contributed by atoms with E-state index in [0.29, 0.717) is 12.0 Å². The van der Waals surface area contributed by atoms with E-state index in [4.69, 9.17) is 10.5 Å². The highest BCUT2D eigenvalue weighted by Gasteiger charge is 2.25. The first-order chi connectivity index (χ1) is 12.2. The van der Waals surface area contributed by atoms with Crippen LogP contribution in [-0.2, 0) is 4.74 Å².